The lowest BCUT2D eigenvalue weighted by Gasteiger charge is -2.34. The highest BCUT2D eigenvalue weighted by molar-refractivity contribution is 7.89. The van der Waals surface area contributed by atoms with Gasteiger partial charge in [-0.2, -0.15) is 4.31 Å². The normalized spacial score (nSPS) is 15.6. The van der Waals surface area contributed by atoms with E-state index in [1.807, 2.05) is 45.0 Å². The number of carbonyl (C=O) groups excluding carboxylic acids is 1. The highest BCUT2D eigenvalue weighted by atomic mass is 32.2. The third kappa shape index (κ3) is 3.87. The van der Waals surface area contributed by atoms with Crippen molar-refractivity contribution in [3.63, 3.8) is 0 Å². The van der Waals surface area contributed by atoms with Crippen molar-refractivity contribution in [3.05, 3.63) is 64.9 Å². The van der Waals surface area contributed by atoms with E-state index in [-0.39, 0.29) is 12.3 Å². The van der Waals surface area contributed by atoms with Crippen LogP contribution >= 0.6 is 0 Å². The lowest BCUT2D eigenvalue weighted by Crippen LogP contribution is -2.50. The molecule has 1 fully saturated rings. The van der Waals surface area contributed by atoms with Crippen LogP contribution < -0.4 is 0 Å². The van der Waals surface area contributed by atoms with Crippen LogP contribution in [0, 0.1) is 20.8 Å². The fourth-order valence-electron chi connectivity index (χ4n) is 3.80. The van der Waals surface area contributed by atoms with Gasteiger partial charge in [0.1, 0.15) is 5.58 Å². The van der Waals surface area contributed by atoms with Crippen molar-refractivity contribution in [2.45, 2.75) is 32.1 Å². The van der Waals surface area contributed by atoms with E-state index in [0.29, 0.717) is 31.1 Å². The van der Waals surface area contributed by atoms with Crippen LogP contribution in [0.25, 0.3) is 11.0 Å². The summed E-state index contributed by atoms with van der Waals surface area (Å²) in [6.07, 6.45) is 1.89. The summed E-state index contributed by atoms with van der Waals surface area (Å²) in [5.74, 6) is -0.0125. The summed E-state index contributed by atoms with van der Waals surface area (Å²) in [6.45, 7) is 7.23. The Balaban J connectivity index is 1.42. The van der Waals surface area contributed by atoms with Gasteiger partial charge in [0.05, 0.1) is 17.6 Å². The van der Waals surface area contributed by atoms with Crippen molar-refractivity contribution in [2.75, 3.05) is 26.2 Å². The van der Waals surface area contributed by atoms with Crippen molar-refractivity contribution in [3.8, 4) is 0 Å². The molecule has 0 unspecified atom stereocenters. The number of aryl methyl sites for hydroxylation is 3. The van der Waals surface area contributed by atoms with Gasteiger partial charge in [0, 0.05) is 37.1 Å². The highest BCUT2D eigenvalue weighted by Gasteiger charge is 2.30. The zero-order valence-electron chi connectivity index (χ0n) is 17.5. The number of hydrogen-bond donors (Lipinski definition) is 0. The number of amides is 1. The fourth-order valence-corrected chi connectivity index (χ4v) is 5.31. The van der Waals surface area contributed by atoms with Crippen molar-refractivity contribution < 1.29 is 17.6 Å². The van der Waals surface area contributed by atoms with Crippen LogP contribution in [0.5, 0.6) is 0 Å². The Hall–Kier alpha value is -2.64. The minimum Gasteiger partial charge on any atom is -0.464 e. The fraction of sp³-hybridized carbons (Fsp3) is 0.348. The second kappa shape index (κ2) is 7.89. The molecule has 1 aromatic heterocycles. The monoisotopic (exact) mass is 426 g/mol. The number of carbonyl (C=O) groups is 1. The van der Waals surface area contributed by atoms with Crippen LogP contribution in [0.2, 0.25) is 0 Å². The molecule has 0 aliphatic carbocycles. The van der Waals surface area contributed by atoms with Gasteiger partial charge in [0.15, 0.2) is 0 Å². The van der Waals surface area contributed by atoms with E-state index in [2.05, 4.69) is 0 Å². The van der Waals surface area contributed by atoms with Gasteiger partial charge in [-0.1, -0.05) is 18.2 Å². The van der Waals surface area contributed by atoms with Gasteiger partial charge in [-0.25, -0.2) is 8.42 Å². The molecule has 1 aliphatic heterocycles. The maximum absolute atomic E-state index is 13.0. The van der Waals surface area contributed by atoms with Gasteiger partial charge < -0.3 is 9.32 Å². The van der Waals surface area contributed by atoms with Gasteiger partial charge in [-0.05, 0) is 55.7 Å². The summed E-state index contributed by atoms with van der Waals surface area (Å²) in [5.41, 5.74) is 4.76. The summed E-state index contributed by atoms with van der Waals surface area (Å²) in [6, 6.07) is 11.1. The van der Waals surface area contributed by atoms with Crippen LogP contribution in [0.15, 0.2) is 52.0 Å². The molecular formula is C23H26N2O4S. The minimum atomic E-state index is -3.55. The molecule has 2 heterocycles. The number of fused-ring (bicyclic) bond motifs is 1. The smallest absolute Gasteiger partial charge is 0.243 e. The van der Waals surface area contributed by atoms with E-state index in [9.17, 15) is 13.2 Å². The molecular weight excluding hydrogens is 400 g/mol. The quantitative estimate of drug-likeness (QED) is 0.641. The number of sulfonamides is 1. The van der Waals surface area contributed by atoms with E-state index in [4.69, 9.17) is 4.42 Å². The number of rotatable bonds is 4. The van der Waals surface area contributed by atoms with E-state index >= 15 is 0 Å². The largest absolute Gasteiger partial charge is 0.464 e. The minimum absolute atomic E-state index is 0.0125. The Kier molecular flexibility index (Phi) is 5.42. The predicted molar refractivity (Wildman–Crippen MR) is 116 cm³/mol. The number of piperazine rings is 1. The zero-order chi connectivity index (χ0) is 21.5. The molecule has 6 nitrogen and oxygen atoms in total. The molecule has 0 atom stereocenters. The van der Waals surface area contributed by atoms with E-state index in [1.165, 1.54) is 4.31 Å². The molecule has 1 saturated heterocycles. The first kappa shape index (κ1) is 20.6. The first-order valence-electron chi connectivity index (χ1n) is 10.1. The van der Waals surface area contributed by atoms with Crippen LogP contribution in [-0.4, -0.2) is 49.7 Å². The molecule has 30 heavy (non-hydrogen) atoms. The van der Waals surface area contributed by atoms with Crippen molar-refractivity contribution in [2.24, 2.45) is 0 Å². The van der Waals surface area contributed by atoms with Crippen LogP contribution in [0.1, 0.15) is 22.3 Å². The molecule has 0 spiro atoms. The van der Waals surface area contributed by atoms with E-state index in [0.717, 1.165) is 33.2 Å². The lowest BCUT2D eigenvalue weighted by molar-refractivity contribution is -0.131. The van der Waals surface area contributed by atoms with Crippen molar-refractivity contribution in [1.82, 2.24) is 9.21 Å². The molecule has 0 saturated carbocycles. The second-order valence-corrected chi connectivity index (χ2v) is 9.91. The molecule has 3 aromatic rings. The topological polar surface area (TPSA) is 70.8 Å². The maximum Gasteiger partial charge on any atom is 0.243 e. The van der Waals surface area contributed by atoms with Crippen LogP contribution in [0.3, 0.4) is 0 Å². The number of hydrogen-bond acceptors (Lipinski definition) is 4. The molecule has 2 aromatic carbocycles. The van der Waals surface area contributed by atoms with Gasteiger partial charge >= 0.3 is 0 Å². The van der Waals surface area contributed by atoms with Gasteiger partial charge in [-0.15, -0.1) is 0 Å². The van der Waals surface area contributed by atoms with Gasteiger partial charge in [0.2, 0.25) is 15.9 Å². The number of furan rings is 1. The number of nitrogens with zero attached hydrogens (tertiary/aromatic N) is 2. The number of benzene rings is 2. The second-order valence-electron chi connectivity index (χ2n) is 7.97. The summed E-state index contributed by atoms with van der Waals surface area (Å²) in [5, 5.41) is 0.949. The van der Waals surface area contributed by atoms with Crippen LogP contribution in [-0.2, 0) is 21.2 Å². The summed E-state index contributed by atoms with van der Waals surface area (Å²) in [4.78, 5) is 14.8. The Morgan fingerprint density at radius 1 is 0.967 bits per heavy atom. The average molecular weight is 427 g/mol. The summed E-state index contributed by atoms with van der Waals surface area (Å²) < 4.78 is 33.0. The predicted octanol–water partition coefficient (Wildman–Crippen LogP) is 3.43. The Bertz CT molecular complexity index is 1210. The molecule has 0 radical (unpaired) electrons. The van der Waals surface area contributed by atoms with E-state index < -0.39 is 10.0 Å². The molecule has 0 N–H and O–H groups in total. The molecule has 0 bridgehead atoms. The van der Waals surface area contributed by atoms with E-state index in [1.54, 1.807) is 23.3 Å². The SMILES string of the molecule is Cc1ccc2c(CC(=O)N3CCN(S(=O)(=O)c4ccc(C)c(C)c4)CC3)coc2c1. The Morgan fingerprint density at radius 2 is 1.70 bits per heavy atom. The Morgan fingerprint density at radius 3 is 2.40 bits per heavy atom. The van der Waals surface area contributed by atoms with Crippen LogP contribution in [0.4, 0.5) is 0 Å². The van der Waals surface area contributed by atoms with Gasteiger partial charge in [0.25, 0.3) is 0 Å². The zero-order valence-corrected chi connectivity index (χ0v) is 18.3. The molecule has 4 rings (SSSR count). The van der Waals surface area contributed by atoms with Gasteiger partial charge in [-0.3, -0.25) is 4.79 Å². The first-order valence-corrected chi connectivity index (χ1v) is 11.5. The first-order chi connectivity index (χ1) is 14.3. The van der Waals surface area contributed by atoms with Crippen molar-refractivity contribution >= 4 is 26.9 Å². The highest BCUT2D eigenvalue weighted by Crippen LogP contribution is 2.24. The third-order valence-electron chi connectivity index (χ3n) is 5.86. The molecule has 7 heteroatoms. The average Bonchev–Trinajstić information content (AvgIpc) is 3.11. The maximum atomic E-state index is 13.0. The summed E-state index contributed by atoms with van der Waals surface area (Å²) in [7, 11) is -3.55. The third-order valence-corrected chi connectivity index (χ3v) is 7.76. The summed E-state index contributed by atoms with van der Waals surface area (Å²) >= 11 is 0. The molecule has 1 amide bonds. The molecule has 158 valence electrons. The van der Waals surface area contributed by atoms with Crippen molar-refractivity contribution in [1.29, 1.82) is 0 Å². The molecule has 1 aliphatic rings. The lowest BCUT2D eigenvalue weighted by atomic mass is 10.1. The standard InChI is InChI=1S/C23H26N2O4S/c1-16-4-7-21-19(15-29-22(21)12-16)14-23(26)24-8-10-25(11-9-24)30(27,28)20-6-5-17(2)18(3)13-20/h4-7,12-13,15H,8-11,14H2,1-3H3. The Labute approximate surface area is 177 Å².